The van der Waals surface area contributed by atoms with Crippen molar-refractivity contribution in [1.82, 2.24) is 5.32 Å². The van der Waals surface area contributed by atoms with Gasteiger partial charge >= 0.3 is 0 Å². The number of thiol groups is 1. The average Bonchev–Trinajstić information content (AvgIpc) is 2.14. The molecule has 0 unspecified atom stereocenters. The lowest BCUT2D eigenvalue weighted by Crippen LogP contribution is -2.27. The highest BCUT2D eigenvalue weighted by atomic mass is 32.1. The number of alkyl halides is 1. The maximum atomic E-state index is 12.3. The van der Waals surface area contributed by atoms with E-state index >= 15 is 0 Å². The molecular weight excluding hydrogens is 141 g/mol. The van der Waals surface area contributed by atoms with Crippen molar-refractivity contribution in [1.29, 1.82) is 0 Å². The molecule has 9 heavy (non-hydrogen) atoms. The van der Waals surface area contributed by atoms with Gasteiger partial charge in [-0.1, -0.05) is 0 Å². The molecule has 0 aromatic carbocycles. The Labute approximate surface area is 58.2 Å². The summed E-state index contributed by atoms with van der Waals surface area (Å²) in [6, 6.07) is -0.358. The lowest BCUT2D eigenvalue weighted by molar-refractivity contribution is -0.112. The van der Waals surface area contributed by atoms with Gasteiger partial charge in [0.2, 0.25) is 5.12 Å². The lowest BCUT2D eigenvalue weighted by Gasteiger charge is -2.00. The van der Waals surface area contributed by atoms with Gasteiger partial charge in [0, 0.05) is 13.0 Å². The van der Waals surface area contributed by atoms with Crippen LogP contribution < -0.4 is 5.32 Å². The van der Waals surface area contributed by atoms with E-state index in [1.165, 1.54) is 0 Å². The van der Waals surface area contributed by atoms with Crippen molar-refractivity contribution >= 4 is 17.7 Å². The molecule has 0 spiro atoms. The average molecular weight is 149 g/mol. The van der Waals surface area contributed by atoms with E-state index in [2.05, 4.69) is 17.9 Å². The van der Waals surface area contributed by atoms with E-state index in [-0.39, 0.29) is 24.1 Å². The predicted molar refractivity (Wildman–Crippen MR) is 35.3 cm³/mol. The van der Waals surface area contributed by atoms with Crippen LogP contribution in [-0.2, 0) is 4.79 Å². The van der Waals surface area contributed by atoms with Gasteiger partial charge in [0.25, 0.3) is 0 Å². The van der Waals surface area contributed by atoms with Gasteiger partial charge in [-0.3, -0.25) is 4.79 Å². The first-order valence-corrected chi connectivity index (χ1v) is 3.25. The predicted octanol–water partition coefficient (Wildman–Crippen LogP) is 0.143. The zero-order chi connectivity index (χ0) is 6.85. The van der Waals surface area contributed by atoms with Gasteiger partial charge in [-0.2, -0.15) is 0 Å². The molecule has 4 heteroatoms. The molecule has 1 fully saturated rings. The van der Waals surface area contributed by atoms with E-state index in [0.717, 1.165) is 0 Å². The van der Waals surface area contributed by atoms with Crippen LogP contribution in [0.2, 0.25) is 0 Å². The molecular formula is C5H8FNOS. The summed E-state index contributed by atoms with van der Waals surface area (Å²) in [4.78, 5) is 10.4. The van der Waals surface area contributed by atoms with Gasteiger partial charge in [0.05, 0.1) is 6.04 Å². The standard InChI is InChI=1S/C5H8FNOS/c6-3-1-4(5(8)9)7-2-3/h3-4,7H,1-2H2,(H,8,9)/t3-,4-/m0/s1. The van der Waals surface area contributed by atoms with Gasteiger partial charge in [-0.25, -0.2) is 4.39 Å². The molecule has 2 nitrogen and oxygen atoms in total. The maximum Gasteiger partial charge on any atom is 0.202 e. The molecule has 1 aliphatic heterocycles. The molecule has 0 saturated carbocycles. The van der Waals surface area contributed by atoms with Crippen molar-refractivity contribution in [3.63, 3.8) is 0 Å². The molecule has 1 N–H and O–H groups in total. The van der Waals surface area contributed by atoms with Gasteiger partial charge < -0.3 is 5.32 Å². The Morgan fingerprint density at radius 1 is 1.78 bits per heavy atom. The topological polar surface area (TPSA) is 29.1 Å². The van der Waals surface area contributed by atoms with Crippen LogP contribution in [0.1, 0.15) is 6.42 Å². The highest BCUT2D eigenvalue weighted by molar-refractivity contribution is 7.96. The summed E-state index contributed by atoms with van der Waals surface area (Å²) in [5.74, 6) is 0. The fraction of sp³-hybridized carbons (Fsp3) is 0.800. The minimum absolute atomic E-state index is 0.268. The molecule has 0 bridgehead atoms. The Balaban J connectivity index is 2.39. The van der Waals surface area contributed by atoms with Crippen LogP contribution in [-0.4, -0.2) is 23.9 Å². The van der Waals surface area contributed by atoms with Crippen molar-refractivity contribution in [2.24, 2.45) is 0 Å². The van der Waals surface area contributed by atoms with Crippen molar-refractivity contribution in [2.75, 3.05) is 6.54 Å². The Bertz CT molecular complexity index is 130. The molecule has 1 heterocycles. The van der Waals surface area contributed by atoms with Crippen LogP contribution in [0.5, 0.6) is 0 Å². The maximum absolute atomic E-state index is 12.3. The quantitative estimate of drug-likeness (QED) is 0.519. The molecule has 1 saturated heterocycles. The van der Waals surface area contributed by atoms with Crippen molar-refractivity contribution in [3.8, 4) is 0 Å². The summed E-state index contributed by atoms with van der Waals surface area (Å²) in [5.41, 5.74) is 0. The monoisotopic (exact) mass is 149 g/mol. The smallest absolute Gasteiger partial charge is 0.202 e. The lowest BCUT2D eigenvalue weighted by atomic mass is 10.2. The van der Waals surface area contributed by atoms with E-state index in [9.17, 15) is 9.18 Å². The van der Waals surface area contributed by atoms with E-state index in [1.54, 1.807) is 0 Å². The second kappa shape index (κ2) is 2.66. The van der Waals surface area contributed by atoms with Gasteiger partial charge in [-0.05, 0) is 0 Å². The fourth-order valence-corrected chi connectivity index (χ4v) is 1.08. The highest BCUT2D eigenvalue weighted by Gasteiger charge is 2.26. The minimum Gasteiger partial charge on any atom is -0.304 e. The largest absolute Gasteiger partial charge is 0.304 e. The summed E-state index contributed by atoms with van der Waals surface area (Å²) in [6.07, 6.45) is -0.589. The Morgan fingerprint density at radius 2 is 2.44 bits per heavy atom. The van der Waals surface area contributed by atoms with E-state index in [4.69, 9.17) is 0 Å². The SMILES string of the molecule is O=C(S)[C@@H]1C[C@H](F)CN1. The molecule has 0 aromatic rings. The van der Waals surface area contributed by atoms with E-state index < -0.39 is 6.17 Å². The summed E-state index contributed by atoms with van der Waals surface area (Å²) >= 11 is 3.57. The van der Waals surface area contributed by atoms with E-state index in [1.807, 2.05) is 0 Å². The zero-order valence-corrected chi connectivity index (χ0v) is 5.70. The first-order valence-electron chi connectivity index (χ1n) is 2.80. The fourth-order valence-electron chi connectivity index (χ4n) is 0.881. The number of halogens is 1. The molecule has 0 amide bonds. The van der Waals surface area contributed by atoms with Crippen LogP contribution in [0.4, 0.5) is 4.39 Å². The highest BCUT2D eigenvalue weighted by Crippen LogP contribution is 2.11. The number of carbonyl (C=O) groups is 1. The zero-order valence-electron chi connectivity index (χ0n) is 4.80. The number of nitrogens with one attached hydrogen (secondary N) is 1. The Kier molecular flexibility index (Phi) is 2.08. The number of hydrogen-bond acceptors (Lipinski definition) is 2. The second-order valence-corrected chi connectivity index (χ2v) is 2.57. The van der Waals surface area contributed by atoms with Crippen LogP contribution in [0.3, 0.4) is 0 Å². The number of carbonyl (C=O) groups excluding carboxylic acids is 1. The third kappa shape index (κ3) is 1.66. The Hall–Kier alpha value is -0.0900. The van der Waals surface area contributed by atoms with Crippen molar-refractivity contribution in [2.45, 2.75) is 18.6 Å². The summed E-state index contributed by atoms with van der Waals surface area (Å²) in [7, 11) is 0. The van der Waals surface area contributed by atoms with Crippen LogP contribution >= 0.6 is 12.6 Å². The number of hydrogen-bond donors (Lipinski definition) is 2. The van der Waals surface area contributed by atoms with E-state index in [0.29, 0.717) is 0 Å². The third-order valence-corrected chi connectivity index (χ3v) is 1.69. The summed E-state index contributed by atoms with van der Waals surface area (Å²) in [5, 5.41) is 2.44. The normalized spacial score (nSPS) is 34.9. The summed E-state index contributed by atoms with van der Waals surface area (Å²) in [6.45, 7) is 0.289. The van der Waals surface area contributed by atoms with Crippen molar-refractivity contribution in [3.05, 3.63) is 0 Å². The molecule has 0 radical (unpaired) electrons. The summed E-state index contributed by atoms with van der Waals surface area (Å²) < 4.78 is 12.3. The van der Waals surface area contributed by atoms with Gasteiger partial charge in [-0.15, -0.1) is 12.6 Å². The second-order valence-electron chi connectivity index (χ2n) is 2.13. The van der Waals surface area contributed by atoms with Gasteiger partial charge in [0.1, 0.15) is 6.17 Å². The van der Waals surface area contributed by atoms with Crippen LogP contribution in [0.15, 0.2) is 0 Å². The van der Waals surface area contributed by atoms with Crippen molar-refractivity contribution < 1.29 is 9.18 Å². The van der Waals surface area contributed by atoms with Crippen LogP contribution in [0, 0.1) is 0 Å². The first kappa shape index (κ1) is 7.02. The minimum atomic E-state index is -0.869. The molecule has 0 aromatic heterocycles. The Morgan fingerprint density at radius 3 is 2.67 bits per heavy atom. The molecule has 0 aliphatic carbocycles. The first-order chi connectivity index (χ1) is 4.20. The molecule has 1 rings (SSSR count). The molecule has 52 valence electrons. The molecule has 1 aliphatic rings. The number of rotatable bonds is 1. The van der Waals surface area contributed by atoms with Gasteiger partial charge in [0.15, 0.2) is 0 Å². The third-order valence-electron chi connectivity index (χ3n) is 1.38. The van der Waals surface area contributed by atoms with Crippen LogP contribution in [0.25, 0.3) is 0 Å². The molecule has 2 atom stereocenters.